The highest BCUT2D eigenvalue weighted by Crippen LogP contribution is 2.55. The van der Waals surface area contributed by atoms with Crippen molar-refractivity contribution in [3.05, 3.63) is 0 Å². The van der Waals surface area contributed by atoms with Crippen LogP contribution in [0.2, 0.25) is 16.6 Å². The first-order valence-corrected chi connectivity index (χ1v) is 15.5. The van der Waals surface area contributed by atoms with Crippen molar-refractivity contribution in [1.82, 2.24) is 0 Å². The van der Waals surface area contributed by atoms with Crippen molar-refractivity contribution in [1.29, 1.82) is 0 Å². The fraction of sp³-hybridized carbons (Fsp3) is 1.00. The summed E-state index contributed by atoms with van der Waals surface area (Å²) < 4.78 is 0. The molecule has 0 N–H and O–H groups in total. The molecular weight excluding hydrogens is 300 g/mol. The second-order valence-electron chi connectivity index (χ2n) is 8.06. The molecule has 0 heterocycles. The molecule has 0 aromatic heterocycles. The zero-order valence-electron chi connectivity index (χ0n) is 13.8. The van der Waals surface area contributed by atoms with Gasteiger partial charge in [0.2, 0.25) is 0 Å². The second-order valence-corrected chi connectivity index (χ2v) is 18.2. The Morgan fingerprint density at radius 1 is 0.524 bits per heavy atom. The van der Waals surface area contributed by atoms with Crippen LogP contribution in [0.1, 0.15) is 96.3 Å². The Morgan fingerprint density at radius 3 is 1.05 bits per heavy atom. The molecule has 0 aliphatic heterocycles. The van der Waals surface area contributed by atoms with E-state index < -0.39 is 7.59 Å². The van der Waals surface area contributed by atoms with Crippen LogP contribution in [0.3, 0.4) is 0 Å². The minimum Gasteiger partial charge on any atom is -0.0533 e. The van der Waals surface area contributed by atoms with E-state index in [9.17, 15) is 0 Å². The molecular formula is C18H33Si3. The summed E-state index contributed by atoms with van der Waals surface area (Å²) in [6.07, 6.45) is 23.5. The van der Waals surface area contributed by atoms with Crippen LogP contribution in [-0.2, 0) is 0 Å². The molecule has 0 aromatic rings. The molecule has 3 saturated carbocycles. The smallest absolute Gasteiger partial charge is 0.0472 e. The zero-order valence-corrected chi connectivity index (χ0v) is 16.8. The Morgan fingerprint density at radius 2 is 0.810 bits per heavy atom. The SMILES string of the molecule is [Si][Si][Si](C1CCCCC1)(C1CCCCC1)C1CCCCC1. The molecule has 0 aromatic carbocycles. The summed E-state index contributed by atoms with van der Waals surface area (Å²) in [5, 5.41) is 0. The Hall–Kier alpha value is 0.651. The summed E-state index contributed by atoms with van der Waals surface area (Å²) in [6.45, 7) is 0. The molecule has 3 aliphatic carbocycles. The second kappa shape index (κ2) is 7.96. The van der Waals surface area contributed by atoms with Gasteiger partial charge >= 0.3 is 0 Å². The van der Waals surface area contributed by atoms with E-state index in [1.165, 1.54) is 35.9 Å². The molecule has 117 valence electrons. The van der Waals surface area contributed by atoms with E-state index in [4.69, 9.17) is 0 Å². The number of rotatable bonds is 4. The molecule has 3 heteroatoms. The van der Waals surface area contributed by atoms with Gasteiger partial charge in [-0.15, -0.1) is 0 Å². The van der Waals surface area contributed by atoms with Gasteiger partial charge in [-0.1, -0.05) is 96.3 Å². The largest absolute Gasteiger partial charge is 0.0533 e. The zero-order chi connectivity index (χ0) is 14.5. The van der Waals surface area contributed by atoms with Crippen molar-refractivity contribution in [2.45, 2.75) is 113 Å². The highest BCUT2D eigenvalue weighted by Gasteiger charge is 2.50. The van der Waals surface area contributed by atoms with Crippen LogP contribution in [0, 0.1) is 0 Å². The van der Waals surface area contributed by atoms with E-state index in [0.29, 0.717) is 0 Å². The molecule has 3 rings (SSSR count). The average molecular weight is 334 g/mol. The van der Waals surface area contributed by atoms with Crippen molar-refractivity contribution in [2.24, 2.45) is 0 Å². The fourth-order valence-electron chi connectivity index (χ4n) is 6.05. The van der Waals surface area contributed by atoms with Crippen LogP contribution >= 0.6 is 0 Å². The van der Waals surface area contributed by atoms with Crippen LogP contribution in [0.15, 0.2) is 0 Å². The predicted molar refractivity (Wildman–Crippen MR) is 97.8 cm³/mol. The van der Waals surface area contributed by atoms with Crippen molar-refractivity contribution >= 4 is 25.9 Å². The van der Waals surface area contributed by atoms with Crippen LogP contribution in [0.5, 0.6) is 0 Å². The first-order chi connectivity index (χ1) is 10.4. The molecule has 0 nitrogen and oxygen atoms in total. The van der Waals surface area contributed by atoms with Gasteiger partial charge in [-0.05, 0) is 16.6 Å². The van der Waals surface area contributed by atoms with E-state index in [0.717, 1.165) is 8.55 Å². The lowest BCUT2D eigenvalue weighted by Crippen LogP contribution is -2.56. The highest BCUT2D eigenvalue weighted by atomic mass is 29.5. The summed E-state index contributed by atoms with van der Waals surface area (Å²) in [6, 6.07) is 0. The Labute approximate surface area is 139 Å². The van der Waals surface area contributed by atoms with E-state index in [-0.39, 0.29) is 0 Å². The maximum absolute atomic E-state index is 4.23. The fourth-order valence-corrected chi connectivity index (χ4v) is 22.7. The molecule has 3 fully saturated rings. The van der Waals surface area contributed by atoms with Crippen molar-refractivity contribution in [3.8, 4) is 0 Å². The number of hydrogen-bond acceptors (Lipinski definition) is 0. The lowest BCUT2D eigenvalue weighted by Gasteiger charge is -2.53. The molecule has 0 unspecified atom stereocenters. The summed E-state index contributed by atoms with van der Waals surface area (Å²) in [4.78, 5) is 0. The Bertz CT molecular complexity index is 254. The molecule has 0 saturated heterocycles. The molecule has 0 bridgehead atoms. The van der Waals surface area contributed by atoms with Crippen LogP contribution in [0.25, 0.3) is 0 Å². The predicted octanol–water partition coefficient (Wildman–Crippen LogP) is 5.72. The maximum atomic E-state index is 4.23. The van der Waals surface area contributed by atoms with E-state index in [1.54, 1.807) is 77.0 Å². The van der Waals surface area contributed by atoms with Gasteiger partial charge in [-0.2, -0.15) is 0 Å². The molecule has 0 amide bonds. The van der Waals surface area contributed by atoms with Crippen LogP contribution < -0.4 is 0 Å². The lowest BCUT2D eigenvalue weighted by atomic mass is 9.98. The monoisotopic (exact) mass is 333 g/mol. The Kier molecular flexibility index (Phi) is 6.26. The highest BCUT2D eigenvalue weighted by molar-refractivity contribution is 7.41. The van der Waals surface area contributed by atoms with E-state index >= 15 is 0 Å². The van der Waals surface area contributed by atoms with Gasteiger partial charge in [0.1, 0.15) is 0 Å². The summed E-state index contributed by atoms with van der Waals surface area (Å²) >= 11 is 0. The molecule has 0 spiro atoms. The van der Waals surface area contributed by atoms with Crippen LogP contribution in [-0.4, -0.2) is 25.9 Å². The Balaban J connectivity index is 1.85. The van der Waals surface area contributed by atoms with Crippen molar-refractivity contribution in [3.63, 3.8) is 0 Å². The quantitative estimate of drug-likeness (QED) is 0.577. The summed E-state index contributed by atoms with van der Waals surface area (Å²) in [7, 11) is 4.26. The van der Waals surface area contributed by atoms with Gasteiger partial charge in [0, 0.05) is 25.9 Å². The third-order valence-electron chi connectivity index (χ3n) is 7.06. The van der Waals surface area contributed by atoms with Gasteiger partial charge in [-0.25, -0.2) is 0 Å². The van der Waals surface area contributed by atoms with Gasteiger partial charge in [0.15, 0.2) is 0 Å². The van der Waals surface area contributed by atoms with E-state index in [1.807, 2.05) is 0 Å². The summed E-state index contributed by atoms with van der Waals surface area (Å²) in [5.41, 5.74) is 3.56. The van der Waals surface area contributed by atoms with Gasteiger partial charge in [0.25, 0.3) is 0 Å². The number of hydrogen-bond donors (Lipinski definition) is 0. The molecule has 0 atom stereocenters. The third-order valence-corrected chi connectivity index (χ3v) is 22.1. The van der Waals surface area contributed by atoms with Gasteiger partial charge < -0.3 is 0 Å². The van der Waals surface area contributed by atoms with Crippen molar-refractivity contribution < 1.29 is 0 Å². The molecule has 3 aliphatic rings. The summed E-state index contributed by atoms with van der Waals surface area (Å²) in [5.74, 6) is 0. The minimum absolute atomic E-state index is 1.13. The third kappa shape index (κ3) is 3.45. The maximum Gasteiger partial charge on any atom is 0.0472 e. The molecule has 21 heavy (non-hydrogen) atoms. The average Bonchev–Trinajstić information content (AvgIpc) is 2.59. The van der Waals surface area contributed by atoms with Crippen molar-refractivity contribution in [2.75, 3.05) is 0 Å². The standard InChI is InChI=1S/C18H33Si3/c19-20-21(16-10-4-1-5-11-16,17-12-6-2-7-13-17)18-14-8-3-9-15-18/h16-18H,1-15H2. The molecule has 5 radical (unpaired) electrons. The normalized spacial score (nSPS) is 27.9. The van der Waals surface area contributed by atoms with Crippen LogP contribution in [0.4, 0.5) is 0 Å². The minimum atomic E-state index is -1.13. The van der Waals surface area contributed by atoms with Gasteiger partial charge in [-0.3, -0.25) is 0 Å². The first-order valence-electron chi connectivity index (χ1n) is 9.82. The van der Waals surface area contributed by atoms with E-state index in [2.05, 4.69) is 9.76 Å². The first kappa shape index (κ1) is 16.5. The van der Waals surface area contributed by atoms with Gasteiger partial charge in [0.05, 0.1) is 0 Å². The lowest BCUT2D eigenvalue weighted by molar-refractivity contribution is 0.424. The topological polar surface area (TPSA) is 0 Å².